The third-order valence-corrected chi connectivity index (χ3v) is 5.58. The molecule has 6 nitrogen and oxygen atoms in total. The number of rotatable bonds is 6. The molecule has 1 aliphatic rings. The number of hydrogen-bond acceptors (Lipinski definition) is 4. The number of nitrogens with one attached hydrogen (secondary N) is 1. The number of methoxy groups -OCH3 is 2. The number of halogens is 1. The molecule has 32 heavy (non-hydrogen) atoms. The van der Waals surface area contributed by atoms with Crippen molar-refractivity contribution in [3.05, 3.63) is 84.2 Å². The zero-order valence-corrected chi connectivity index (χ0v) is 17.7. The molecule has 0 saturated carbocycles. The van der Waals surface area contributed by atoms with Gasteiger partial charge in [0.15, 0.2) is 0 Å². The minimum atomic E-state index is -0.636. The van der Waals surface area contributed by atoms with Gasteiger partial charge >= 0.3 is 0 Å². The van der Waals surface area contributed by atoms with Crippen LogP contribution in [0.4, 0.5) is 15.8 Å². The van der Waals surface area contributed by atoms with Gasteiger partial charge in [-0.1, -0.05) is 12.1 Å². The van der Waals surface area contributed by atoms with Crippen molar-refractivity contribution >= 4 is 23.2 Å². The summed E-state index contributed by atoms with van der Waals surface area (Å²) in [7, 11) is 3.16. The molecule has 0 radical (unpaired) electrons. The summed E-state index contributed by atoms with van der Waals surface area (Å²) < 4.78 is 23.7. The Balaban J connectivity index is 1.69. The van der Waals surface area contributed by atoms with E-state index in [0.29, 0.717) is 22.9 Å². The van der Waals surface area contributed by atoms with Gasteiger partial charge in [-0.25, -0.2) is 4.39 Å². The number of carbonyl (C=O) groups excluding carboxylic acids is 2. The van der Waals surface area contributed by atoms with Crippen LogP contribution in [0.3, 0.4) is 0 Å². The van der Waals surface area contributed by atoms with Crippen LogP contribution in [0.2, 0.25) is 0 Å². The maximum absolute atomic E-state index is 13.2. The van der Waals surface area contributed by atoms with Crippen molar-refractivity contribution in [3.63, 3.8) is 0 Å². The largest absolute Gasteiger partial charge is 0.497 e. The number of hydrogen-bond donors (Lipinski definition) is 1. The highest BCUT2D eigenvalue weighted by Gasteiger charge is 2.45. The van der Waals surface area contributed by atoms with Gasteiger partial charge in [-0.05, 0) is 66.2 Å². The van der Waals surface area contributed by atoms with Crippen LogP contribution < -0.4 is 19.7 Å². The summed E-state index contributed by atoms with van der Waals surface area (Å²) in [6.07, 6.45) is 0.0513. The van der Waals surface area contributed by atoms with Gasteiger partial charge in [0.05, 0.1) is 26.2 Å². The van der Waals surface area contributed by atoms with Gasteiger partial charge < -0.3 is 19.7 Å². The molecule has 1 heterocycles. The first-order chi connectivity index (χ1) is 15.5. The van der Waals surface area contributed by atoms with Crippen molar-refractivity contribution in [2.24, 2.45) is 5.92 Å². The van der Waals surface area contributed by atoms with Crippen molar-refractivity contribution in [2.45, 2.75) is 12.5 Å². The fourth-order valence-corrected chi connectivity index (χ4v) is 3.97. The van der Waals surface area contributed by atoms with E-state index < -0.39 is 12.0 Å². The van der Waals surface area contributed by atoms with Gasteiger partial charge in [0, 0.05) is 17.8 Å². The Morgan fingerprint density at radius 3 is 2.03 bits per heavy atom. The van der Waals surface area contributed by atoms with E-state index >= 15 is 0 Å². The molecule has 0 aromatic heterocycles. The summed E-state index contributed by atoms with van der Waals surface area (Å²) in [5.74, 6) is -0.130. The monoisotopic (exact) mass is 434 g/mol. The van der Waals surface area contributed by atoms with E-state index in [0.717, 1.165) is 5.56 Å². The summed E-state index contributed by atoms with van der Waals surface area (Å²) in [5.41, 5.74) is 1.96. The van der Waals surface area contributed by atoms with E-state index in [-0.39, 0.29) is 24.1 Å². The predicted octanol–water partition coefficient (Wildman–Crippen LogP) is 4.58. The number of nitrogens with zero attached hydrogens (tertiary/aromatic N) is 1. The Hall–Kier alpha value is -3.87. The normalized spacial score (nSPS) is 17.8. The molecule has 3 aromatic carbocycles. The summed E-state index contributed by atoms with van der Waals surface area (Å²) in [4.78, 5) is 27.9. The van der Waals surface area contributed by atoms with Crippen molar-refractivity contribution in [1.82, 2.24) is 0 Å². The first-order valence-corrected chi connectivity index (χ1v) is 10.2. The minimum absolute atomic E-state index is 0.0513. The molecule has 1 N–H and O–H groups in total. The molecular weight excluding hydrogens is 411 g/mol. The molecule has 0 unspecified atom stereocenters. The zero-order valence-electron chi connectivity index (χ0n) is 17.7. The Kier molecular flexibility index (Phi) is 6.07. The van der Waals surface area contributed by atoms with Gasteiger partial charge in [0.25, 0.3) is 0 Å². The Morgan fingerprint density at radius 1 is 0.906 bits per heavy atom. The van der Waals surface area contributed by atoms with Crippen molar-refractivity contribution < 1.29 is 23.5 Å². The highest BCUT2D eigenvalue weighted by Crippen LogP contribution is 2.42. The highest BCUT2D eigenvalue weighted by molar-refractivity contribution is 6.04. The van der Waals surface area contributed by atoms with Crippen molar-refractivity contribution in [1.29, 1.82) is 0 Å². The van der Waals surface area contributed by atoms with Gasteiger partial charge in [-0.2, -0.15) is 0 Å². The number of amides is 2. The smallest absolute Gasteiger partial charge is 0.230 e. The molecule has 0 bridgehead atoms. The molecule has 2 atom stereocenters. The van der Waals surface area contributed by atoms with Gasteiger partial charge in [0.2, 0.25) is 11.8 Å². The molecule has 3 aromatic rings. The second-order valence-corrected chi connectivity index (χ2v) is 7.49. The summed E-state index contributed by atoms with van der Waals surface area (Å²) in [5, 5.41) is 2.82. The quantitative estimate of drug-likeness (QED) is 0.617. The topological polar surface area (TPSA) is 67.9 Å². The highest BCUT2D eigenvalue weighted by atomic mass is 19.1. The molecule has 1 aliphatic heterocycles. The number of carbonyl (C=O) groups is 2. The van der Waals surface area contributed by atoms with Crippen LogP contribution in [-0.4, -0.2) is 26.0 Å². The second-order valence-electron chi connectivity index (χ2n) is 7.49. The molecule has 0 aliphatic carbocycles. The first-order valence-electron chi connectivity index (χ1n) is 10.2. The van der Waals surface area contributed by atoms with Crippen LogP contribution in [0.1, 0.15) is 18.0 Å². The average molecular weight is 434 g/mol. The van der Waals surface area contributed by atoms with E-state index in [9.17, 15) is 14.0 Å². The van der Waals surface area contributed by atoms with E-state index in [1.165, 1.54) is 24.3 Å². The lowest BCUT2D eigenvalue weighted by Crippen LogP contribution is -2.32. The van der Waals surface area contributed by atoms with Crippen LogP contribution in [-0.2, 0) is 9.59 Å². The predicted molar refractivity (Wildman–Crippen MR) is 119 cm³/mol. The molecule has 164 valence electrons. The third kappa shape index (κ3) is 4.27. The zero-order chi connectivity index (χ0) is 22.7. The van der Waals surface area contributed by atoms with Gasteiger partial charge in [-0.3, -0.25) is 9.59 Å². The Labute approximate surface area is 185 Å². The van der Waals surface area contributed by atoms with E-state index in [4.69, 9.17) is 9.47 Å². The second kappa shape index (κ2) is 9.09. The lowest BCUT2D eigenvalue weighted by molar-refractivity contribution is -0.122. The third-order valence-electron chi connectivity index (χ3n) is 5.58. The molecule has 1 fully saturated rings. The van der Waals surface area contributed by atoms with E-state index in [2.05, 4.69) is 5.32 Å². The molecule has 2 amide bonds. The van der Waals surface area contributed by atoms with Crippen LogP contribution in [0.15, 0.2) is 72.8 Å². The van der Waals surface area contributed by atoms with E-state index in [1.54, 1.807) is 55.5 Å². The van der Waals surface area contributed by atoms with Gasteiger partial charge in [-0.15, -0.1) is 0 Å². The molecule has 1 saturated heterocycles. The maximum atomic E-state index is 13.2. The summed E-state index contributed by atoms with van der Waals surface area (Å²) in [6.45, 7) is 0. The standard InChI is InChI=1S/C25H23FN2O4/c1-31-20-11-3-16(4-12-20)24-22(25(30)27-18-7-5-17(26)6-8-18)15-23(29)28(24)19-9-13-21(32-2)14-10-19/h3-14,22,24H,15H2,1-2H3,(H,27,30)/t22-,24-/m0/s1. The maximum Gasteiger partial charge on any atom is 0.230 e. The van der Waals surface area contributed by atoms with Gasteiger partial charge in [0.1, 0.15) is 17.3 Å². The first kappa shape index (κ1) is 21.4. The molecule has 4 rings (SSSR count). The molecular formula is C25H23FN2O4. The minimum Gasteiger partial charge on any atom is -0.497 e. The lowest BCUT2D eigenvalue weighted by Gasteiger charge is -2.28. The van der Waals surface area contributed by atoms with Crippen LogP contribution in [0.5, 0.6) is 11.5 Å². The number of benzene rings is 3. The fraction of sp³-hybridized carbons (Fsp3) is 0.200. The van der Waals surface area contributed by atoms with Crippen LogP contribution in [0.25, 0.3) is 0 Å². The lowest BCUT2D eigenvalue weighted by atomic mass is 9.92. The Morgan fingerprint density at radius 2 is 1.47 bits per heavy atom. The van der Waals surface area contributed by atoms with Crippen LogP contribution in [0, 0.1) is 11.7 Å². The van der Waals surface area contributed by atoms with E-state index in [1.807, 2.05) is 12.1 Å². The number of anilines is 2. The van der Waals surface area contributed by atoms with Crippen LogP contribution >= 0.6 is 0 Å². The average Bonchev–Trinajstić information content (AvgIpc) is 3.17. The molecule has 0 spiro atoms. The fourth-order valence-electron chi connectivity index (χ4n) is 3.97. The SMILES string of the molecule is COc1ccc([C@H]2[C@@H](C(=O)Nc3ccc(F)cc3)CC(=O)N2c2ccc(OC)cc2)cc1. The number of ether oxygens (including phenoxy) is 2. The Bertz CT molecular complexity index is 1100. The summed E-state index contributed by atoms with van der Waals surface area (Å²) >= 11 is 0. The molecule has 7 heteroatoms. The summed E-state index contributed by atoms with van der Waals surface area (Å²) in [6, 6.07) is 19.5. The van der Waals surface area contributed by atoms with Crippen molar-refractivity contribution in [2.75, 3.05) is 24.4 Å². The van der Waals surface area contributed by atoms with Crippen molar-refractivity contribution in [3.8, 4) is 11.5 Å².